The molecule has 1 amide bonds. The van der Waals surface area contributed by atoms with Crippen molar-refractivity contribution in [1.29, 1.82) is 0 Å². The van der Waals surface area contributed by atoms with Crippen LogP contribution in [0.15, 0.2) is 95.6 Å². The molecule has 0 bridgehead atoms. The summed E-state index contributed by atoms with van der Waals surface area (Å²) in [5, 5.41) is 0. The van der Waals surface area contributed by atoms with Crippen LogP contribution in [0, 0.1) is 5.82 Å². The maximum Gasteiger partial charge on any atom is 0.275 e. The Bertz CT molecular complexity index is 1180. The lowest BCUT2D eigenvalue weighted by molar-refractivity contribution is 0.0779. The minimum Gasteiger partial charge on any atom is -0.447 e. The average Bonchev–Trinajstić information content (AvgIpc) is 3.29. The molecule has 168 valence electrons. The summed E-state index contributed by atoms with van der Waals surface area (Å²) >= 11 is 0. The minimum atomic E-state index is -0.249. The van der Waals surface area contributed by atoms with Crippen LogP contribution in [0.25, 0.3) is 0 Å². The zero-order valence-corrected chi connectivity index (χ0v) is 18.5. The summed E-state index contributed by atoms with van der Waals surface area (Å²) < 4.78 is 19.9. The first-order chi connectivity index (χ1) is 16.1. The fraction of sp³-hybridized carbons (Fsp3) is 0.185. The van der Waals surface area contributed by atoms with Crippen LogP contribution in [0.3, 0.4) is 0 Å². The predicted molar refractivity (Wildman–Crippen MR) is 125 cm³/mol. The quantitative estimate of drug-likeness (QED) is 0.353. The Morgan fingerprint density at radius 1 is 0.818 bits per heavy atom. The number of aromatic nitrogens is 1. The minimum absolute atomic E-state index is 0.211. The number of amides is 1. The van der Waals surface area contributed by atoms with Gasteiger partial charge in [-0.15, -0.1) is 0 Å². The number of carbonyl (C=O) groups excluding carboxylic acids is 1. The molecule has 4 rings (SSSR count). The van der Waals surface area contributed by atoms with Crippen molar-refractivity contribution in [1.82, 2.24) is 14.8 Å². The molecular weight excluding hydrogens is 417 g/mol. The number of nitrogens with zero attached hydrogens (tertiary/aromatic N) is 3. The van der Waals surface area contributed by atoms with Gasteiger partial charge in [-0.3, -0.25) is 9.69 Å². The molecule has 1 heterocycles. The number of oxazole rings is 1. The Labute approximate surface area is 193 Å². The van der Waals surface area contributed by atoms with E-state index in [-0.39, 0.29) is 17.4 Å². The lowest BCUT2D eigenvalue weighted by atomic mass is 10.1. The van der Waals surface area contributed by atoms with Gasteiger partial charge in [-0.25, -0.2) is 9.37 Å². The maximum atomic E-state index is 14.3. The topological polar surface area (TPSA) is 49.6 Å². The highest BCUT2D eigenvalue weighted by atomic mass is 19.1. The molecule has 0 atom stereocenters. The number of benzene rings is 3. The lowest BCUT2D eigenvalue weighted by Crippen LogP contribution is -2.27. The third-order valence-corrected chi connectivity index (χ3v) is 5.34. The summed E-state index contributed by atoms with van der Waals surface area (Å²) in [6.07, 6.45) is 1.39. The molecule has 0 unspecified atom stereocenters. The van der Waals surface area contributed by atoms with Crippen molar-refractivity contribution in [2.75, 3.05) is 7.05 Å². The first kappa shape index (κ1) is 22.4. The molecular formula is C27H26FN3O2. The molecule has 0 fully saturated rings. The number of carbonyl (C=O) groups is 1. The fourth-order valence-corrected chi connectivity index (χ4v) is 3.67. The fourth-order valence-electron chi connectivity index (χ4n) is 3.67. The summed E-state index contributed by atoms with van der Waals surface area (Å²) in [5.41, 5.74) is 2.99. The van der Waals surface area contributed by atoms with E-state index in [9.17, 15) is 9.18 Å². The van der Waals surface area contributed by atoms with E-state index in [2.05, 4.69) is 4.98 Å². The third-order valence-electron chi connectivity index (χ3n) is 5.34. The first-order valence-electron chi connectivity index (χ1n) is 10.8. The molecule has 6 heteroatoms. The monoisotopic (exact) mass is 443 g/mol. The van der Waals surface area contributed by atoms with Gasteiger partial charge in [0.05, 0.1) is 6.54 Å². The molecule has 0 saturated heterocycles. The van der Waals surface area contributed by atoms with Gasteiger partial charge in [-0.2, -0.15) is 0 Å². The molecule has 0 radical (unpaired) electrons. The highest BCUT2D eigenvalue weighted by molar-refractivity contribution is 5.91. The van der Waals surface area contributed by atoms with Crippen LogP contribution in [0.1, 0.15) is 33.1 Å². The second-order valence-corrected chi connectivity index (χ2v) is 8.00. The SMILES string of the molecule is CN(Cc1ccccc1)C(=O)c1coc(CN(Cc2ccccc2)Cc2ccccc2F)n1. The summed E-state index contributed by atoms with van der Waals surface area (Å²) in [6, 6.07) is 26.5. The molecule has 0 spiro atoms. The van der Waals surface area contributed by atoms with Crippen molar-refractivity contribution in [2.45, 2.75) is 26.2 Å². The molecule has 1 aromatic heterocycles. The van der Waals surface area contributed by atoms with E-state index in [1.807, 2.05) is 71.6 Å². The standard InChI is InChI=1S/C27H26FN3O2/c1-30(16-21-10-4-2-5-11-21)27(32)25-20-33-26(29-25)19-31(17-22-12-6-3-7-13-22)18-23-14-8-9-15-24(23)28/h2-15,20H,16-19H2,1H3. The molecule has 3 aromatic carbocycles. The van der Waals surface area contributed by atoms with E-state index < -0.39 is 0 Å². The van der Waals surface area contributed by atoms with E-state index in [4.69, 9.17) is 4.42 Å². The normalized spacial score (nSPS) is 11.0. The van der Waals surface area contributed by atoms with Gasteiger partial charge in [0.2, 0.25) is 5.89 Å². The van der Waals surface area contributed by atoms with Gasteiger partial charge in [0.1, 0.15) is 12.1 Å². The average molecular weight is 444 g/mol. The van der Waals surface area contributed by atoms with Crippen LogP contribution in [-0.4, -0.2) is 27.7 Å². The highest BCUT2D eigenvalue weighted by Crippen LogP contribution is 2.17. The van der Waals surface area contributed by atoms with Crippen molar-refractivity contribution in [3.8, 4) is 0 Å². The molecule has 0 aliphatic carbocycles. The van der Waals surface area contributed by atoms with Crippen LogP contribution in [-0.2, 0) is 26.2 Å². The second-order valence-electron chi connectivity index (χ2n) is 8.00. The number of hydrogen-bond acceptors (Lipinski definition) is 4. The number of rotatable bonds is 9. The maximum absolute atomic E-state index is 14.3. The molecule has 33 heavy (non-hydrogen) atoms. The van der Waals surface area contributed by atoms with Crippen LogP contribution in [0.2, 0.25) is 0 Å². The zero-order valence-electron chi connectivity index (χ0n) is 18.5. The Morgan fingerprint density at radius 3 is 2.09 bits per heavy atom. The van der Waals surface area contributed by atoms with E-state index >= 15 is 0 Å². The van der Waals surface area contributed by atoms with Gasteiger partial charge >= 0.3 is 0 Å². The van der Waals surface area contributed by atoms with Crippen molar-refractivity contribution >= 4 is 5.91 Å². The van der Waals surface area contributed by atoms with E-state index in [1.165, 1.54) is 12.3 Å². The Morgan fingerprint density at radius 2 is 1.42 bits per heavy atom. The van der Waals surface area contributed by atoms with Crippen molar-refractivity contribution < 1.29 is 13.6 Å². The van der Waals surface area contributed by atoms with E-state index in [1.54, 1.807) is 24.1 Å². The molecule has 5 nitrogen and oxygen atoms in total. The second kappa shape index (κ2) is 10.7. The highest BCUT2D eigenvalue weighted by Gasteiger charge is 2.19. The van der Waals surface area contributed by atoms with Gasteiger partial charge in [0, 0.05) is 32.2 Å². The molecule has 0 aliphatic rings. The molecule has 4 aromatic rings. The van der Waals surface area contributed by atoms with Crippen LogP contribution in [0.5, 0.6) is 0 Å². The molecule has 0 N–H and O–H groups in total. The van der Waals surface area contributed by atoms with Crippen LogP contribution in [0.4, 0.5) is 4.39 Å². The predicted octanol–water partition coefficient (Wildman–Crippen LogP) is 5.29. The smallest absolute Gasteiger partial charge is 0.275 e. The Kier molecular flexibility index (Phi) is 7.27. The van der Waals surface area contributed by atoms with Gasteiger partial charge < -0.3 is 9.32 Å². The zero-order chi connectivity index (χ0) is 23.0. The van der Waals surface area contributed by atoms with Crippen LogP contribution < -0.4 is 0 Å². The van der Waals surface area contributed by atoms with Crippen molar-refractivity contribution in [2.24, 2.45) is 0 Å². The Balaban J connectivity index is 1.47. The van der Waals surface area contributed by atoms with Gasteiger partial charge in [-0.1, -0.05) is 78.9 Å². The summed E-state index contributed by atoms with van der Waals surface area (Å²) in [5.74, 6) is -0.0438. The molecule has 0 aliphatic heterocycles. The number of hydrogen-bond donors (Lipinski definition) is 0. The summed E-state index contributed by atoms with van der Waals surface area (Å²) in [4.78, 5) is 20.9. The van der Waals surface area contributed by atoms with Crippen molar-refractivity contribution in [3.05, 3.63) is 125 Å². The van der Waals surface area contributed by atoms with E-state index in [0.717, 1.165) is 11.1 Å². The van der Waals surface area contributed by atoms with Gasteiger partial charge in [-0.05, 0) is 17.2 Å². The Hall–Kier alpha value is -3.77. The molecule has 0 saturated carbocycles. The van der Waals surface area contributed by atoms with Gasteiger partial charge in [0.15, 0.2) is 5.69 Å². The first-order valence-corrected chi connectivity index (χ1v) is 10.8. The van der Waals surface area contributed by atoms with Gasteiger partial charge in [0.25, 0.3) is 5.91 Å². The third kappa shape index (κ3) is 6.14. The summed E-state index contributed by atoms with van der Waals surface area (Å²) in [7, 11) is 1.74. The van der Waals surface area contributed by atoms with Crippen LogP contribution >= 0.6 is 0 Å². The largest absolute Gasteiger partial charge is 0.447 e. The van der Waals surface area contributed by atoms with Crippen molar-refractivity contribution in [3.63, 3.8) is 0 Å². The number of halogens is 1. The summed E-state index contributed by atoms with van der Waals surface area (Å²) in [6.45, 7) is 1.81. The lowest BCUT2D eigenvalue weighted by Gasteiger charge is -2.21. The van der Waals surface area contributed by atoms with E-state index in [0.29, 0.717) is 37.6 Å².